The fraction of sp³-hybridized carbons (Fsp3) is 0.0769. The normalized spacial score (nSPS) is 16.2. The van der Waals surface area contributed by atoms with E-state index in [2.05, 4.69) is 70.5 Å². The van der Waals surface area contributed by atoms with Gasteiger partial charge in [-0.25, -0.2) is 10.9 Å². The molecule has 0 spiro atoms. The van der Waals surface area contributed by atoms with E-state index in [1.165, 1.54) is 16.7 Å². The number of hydrazine groups is 3. The molecule has 0 amide bonds. The maximum atomic E-state index is 3.06. The number of rotatable bonds is 2. The highest BCUT2D eigenvalue weighted by Gasteiger charge is 2.13. The number of benzene rings is 2. The van der Waals surface area contributed by atoms with Crippen LogP contribution in [-0.4, -0.2) is 0 Å². The fourth-order valence-electron chi connectivity index (χ4n) is 1.92. The van der Waals surface area contributed by atoms with E-state index < -0.39 is 0 Å². The minimum atomic E-state index is 0.0971. The van der Waals surface area contributed by atoms with Gasteiger partial charge in [0.25, 0.3) is 0 Å². The van der Waals surface area contributed by atoms with Crippen molar-refractivity contribution >= 4 is 0 Å². The lowest BCUT2D eigenvalue weighted by atomic mass is 10.0. The third-order valence-corrected chi connectivity index (χ3v) is 2.85. The van der Waals surface area contributed by atoms with Crippen LogP contribution in [0.4, 0.5) is 0 Å². The van der Waals surface area contributed by atoms with Gasteiger partial charge in [-0.1, -0.05) is 54.6 Å². The van der Waals surface area contributed by atoms with Crippen LogP contribution in [0, 0.1) is 0 Å². The van der Waals surface area contributed by atoms with Crippen molar-refractivity contribution in [2.45, 2.75) is 6.17 Å². The van der Waals surface area contributed by atoms with Gasteiger partial charge in [0.05, 0.1) is 0 Å². The number of hydrogen-bond donors (Lipinski definition) is 4. The van der Waals surface area contributed by atoms with Crippen molar-refractivity contribution in [3.05, 3.63) is 60.2 Å². The van der Waals surface area contributed by atoms with E-state index in [1.807, 2.05) is 6.07 Å². The Hall–Kier alpha value is -1.72. The van der Waals surface area contributed by atoms with Crippen molar-refractivity contribution in [2.24, 2.45) is 0 Å². The molecule has 0 aromatic heterocycles. The second-order valence-corrected chi connectivity index (χ2v) is 3.96. The maximum Gasteiger partial charge on any atom is 0.111 e. The monoisotopic (exact) mass is 226 g/mol. The molecule has 86 valence electrons. The van der Waals surface area contributed by atoms with Crippen LogP contribution in [0.1, 0.15) is 11.7 Å². The Morgan fingerprint density at radius 2 is 1.24 bits per heavy atom. The van der Waals surface area contributed by atoms with Gasteiger partial charge in [0.1, 0.15) is 6.17 Å². The zero-order valence-corrected chi connectivity index (χ0v) is 9.27. The molecule has 2 aromatic rings. The molecule has 1 saturated heterocycles. The summed E-state index contributed by atoms with van der Waals surface area (Å²) < 4.78 is 0. The van der Waals surface area contributed by atoms with E-state index in [0.717, 1.165) is 0 Å². The van der Waals surface area contributed by atoms with Crippen molar-refractivity contribution < 1.29 is 0 Å². The van der Waals surface area contributed by atoms with Gasteiger partial charge in [0, 0.05) is 0 Å². The molecule has 4 nitrogen and oxygen atoms in total. The first-order valence-electron chi connectivity index (χ1n) is 5.60. The summed E-state index contributed by atoms with van der Waals surface area (Å²) in [4.78, 5) is 0. The van der Waals surface area contributed by atoms with E-state index in [-0.39, 0.29) is 6.17 Å². The highest BCUT2D eigenvalue weighted by atomic mass is 15.8. The molecule has 1 heterocycles. The van der Waals surface area contributed by atoms with Gasteiger partial charge < -0.3 is 0 Å². The minimum Gasteiger partial charge on any atom is -0.221 e. The molecule has 1 aliphatic rings. The topological polar surface area (TPSA) is 48.1 Å². The lowest BCUT2D eigenvalue weighted by Gasteiger charge is -2.10. The van der Waals surface area contributed by atoms with E-state index >= 15 is 0 Å². The smallest absolute Gasteiger partial charge is 0.111 e. The fourth-order valence-corrected chi connectivity index (χ4v) is 1.92. The van der Waals surface area contributed by atoms with E-state index in [1.54, 1.807) is 0 Å². The first kappa shape index (κ1) is 10.4. The summed E-state index contributed by atoms with van der Waals surface area (Å²) >= 11 is 0. The molecule has 2 aromatic carbocycles. The van der Waals surface area contributed by atoms with Crippen LogP contribution in [0.3, 0.4) is 0 Å². The summed E-state index contributed by atoms with van der Waals surface area (Å²) in [5.41, 5.74) is 15.4. The molecule has 4 heteroatoms. The van der Waals surface area contributed by atoms with E-state index in [0.29, 0.717) is 0 Å². The molecular weight excluding hydrogens is 212 g/mol. The Balaban J connectivity index is 1.85. The van der Waals surface area contributed by atoms with Crippen molar-refractivity contribution in [2.75, 3.05) is 0 Å². The van der Waals surface area contributed by atoms with Gasteiger partial charge in [-0.2, -0.15) is 11.1 Å². The molecule has 0 unspecified atom stereocenters. The van der Waals surface area contributed by atoms with Crippen LogP contribution >= 0.6 is 0 Å². The van der Waals surface area contributed by atoms with E-state index in [9.17, 15) is 0 Å². The van der Waals surface area contributed by atoms with Gasteiger partial charge >= 0.3 is 0 Å². The third-order valence-electron chi connectivity index (χ3n) is 2.85. The average Bonchev–Trinajstić information content (AvgIpc) is 2.94. The zero-order chi connectivity index (χ0) is 11.5. The average molecular weight is 226 g/mol. The standard InChI is InChI=1S/C13H14N4/c1-2-4-10(5-3-1)11-6-8-12(9-7-11)13-14-16-17-15-13/h1-9,13-17H. The summed E-state index contributed by atoms with van der Waals surface area (Å²) in [5, 5.41) is 0. The van der Waals surface area contributed by atoms with Gasteiger partial charge in [-0.05, 0) is 16.7 Å². The highest BCUT2D eigenvalue weighted by Crippen LogP contribution is 2.21. The molecule has 3 rings (SSSR count). The quantitative estimate of drug-likeness (QED) is 0.626. The molecule has 17 heavy (non-hydrogen) atoms. The van der Waals surface area contributed by atoms with Crippen LogP contribution in [0.5, 0.6) is 0 Å². The Kier molecular flexibility index (Phi) is 2.85. The lowest BCUT2D eigenvalue weighted by Crippen LogP contribution is -2.33. The van der Waals surface area contributed by atoms with Crippen LogP contribution < -0.4 is 21.9 Å². The summed E-state index contributed by atoms with van der Waals surface area (Å²) in [6, 6.07) is 18.9. The van der Waals surface area contributed by atoms with E-state index in [4.69, 9.17) is 0 Å². The molecule has 0 aliphatic carbocycles. The molecule has 4 N–H and O–H groups in total. The first-order chi connectivity index (χ1) is 8.43. The molecule has 0 bridgehead atoms. The van der Waals surface area contributed by atoms with Crippen LogP contribution in [-0.2, 0) is 0 Å². The summed E-state index contributed by atoms with van der Waals surface area (Å²) in [6.45, 7) is 0. The molecule has 0 radical (unpaired) electrons. The van der Waals surface area contributed by atoms with Gasteiger partial charge in [0.15, 0.2) is 0 Å². The predicted octanol–water partition coefficient (Wildman–Crippen LogP) is 1.47. The molecule has 1 fully saturated rings. The van der Waals surface area contributed by atoms with Crippen molar-refractivity contribution in [3.8, 4) is 11.1 Å². The van der Waals surface area contributed by atoms with Crippen LogP contribution in [0.15, 0.2) is 54.6 Å². The molecular formula is C13H14N4. The van der Waals surface area contributed by atoms with Gasteiger partial charge in [0.2, 0.25) is 0 Å². The van der Waals surface area contributed by atoms with Gasteiger partial charge in [-0.3, -0.25) is 0 Å². The molecule has 1 aliphatic heterocycles. The molecule has 0 atom stereocenters. The highest BCUT2D eigenvalue weighted by molar-refractivity contribution is 5.63. The Morgan fingerprint density at radius 1 is 0.647 bits per heavy atom. The summed E-state index contributed by atoms with van der Waals surface area (Å²) in [7, 11) is 0. The van der Waals surface area contributed by atoms with Crippen molar-refractivity contribution in [3.63, 3.8) is 0 Å². The van der Waals surface area contributed by atoms with Crippen molar-refractivity contribution in [1.82, 2.24) is 21.9 Å². The Morgan fingerprint density at radius 3 is 1.88 bits per heavy atom. The predicted molar refractivity (Wildman–Crippen MR) is 67.2 cm³/mol. The molecule has 0 saturated carbocycles. The van der Waals surface area contributed by atoms with Crippen molar-refractivity contribution in [1.29, 1.82) is 0 Å². The Labute approximate surface area is 100.0 Å². The van der Waals surface area contributed by atoms with Crippen LogP contribution in [0.2, 0.25) is 0 Å². The zero-order valence-electron chi connectivity index (χ0n) is 9.27. The van der Waals surface area contributed by atoms with Gasteiger partial charge in [-0.15, -0.1) is 0 Å². The number of hydrogen-bond acceptors (Lipinski definition) is 4. The number of nitrogens with one attached hydrogen (secondary N) is 4. The second kappa shape index (κ2) is 4.65. The Bertz CT molecular complexity index is 475. The summed E-state index contributed by atoms with van der Waals surface area (Å²) in [6.07, 6.45) is 0.0971. The second-order valence-electron chi connectivity index (χ2n) is 3.96. The largest absolute Gasteiger partial charge is 0.221 e. The maximum absolute atomic E-state index is 3.06. The third kappa shape index (κ3) is 2.20. The lowest BCUT2D eigenvalue weighted by molar-refractivity contribution is 0.555. The van der Waals surface area contributed by atoms with Crippen LogP contribution in [0.25, 0.3) is 11.1 Å². The SMILES string of the molecule is c1ccc(-c2ccc(C3NNNN3)cc2)cc1. The minimum absolute atomic E-state index is 0.0971. The summed E-state index contributed by atoms with van der Waals surface area (Å²) in [5.74, 6) is 0. The first-order valence-corrected chi connectivity index (χ1v) is 5.60.